The highest BCUT2D eigenvalue weighted by molar-refractivity contribution is 7.89. The van der Waals surface area contributed by atoms with Crippen molar-refractivity contribution in [2.45, 2.75) is 17.9 Å². The molecule has 0 radical (unpaired) electrons. The first-order chi connectivity index (χ1) is 15.3. The van der Waals surface area contributed by atoms with Crippen molar-refractivity contribution >= 4 is 44.8 Å². The molecule has 0 amide bonds. The normalized spacial score (nSPS) is 16.8. The van der Waals surface area contributed by atoms with Crippen molar-refractivity contribution in [3.8, 4) is 0 Å². The number of rotatable bonds is 5. The van der Waals surface area contributed by atoms with Crippen LogP contribution in [0.5, 0.6) is 0 Å². The van der Waals surface area contributed by atoms with Crippen molar-refractivity contribution in [2.24, 2.45) is 0 Å². The third-order valence-electron chi connectivity index (χ3n) is 5.74. The largest absolute Gasteiger partial charge is 0.290 e. The number of hydrogen-bond donors (Lipinski definition) is 0. The first kappa shape index (κ1) is 23.6. The molecule has 1 aliphatic rings. The van der Waals surface area contributed by atoms with Crippen LogP contribution < -0.4 is 0 Å². The lowest BCUT2D eigenvalue weighted by Gasteiger charge is -2.39. The van der Waals surface area contributed by atoms with Crippen LogP contribution >= 0.6 is 34.8 Å². The summed E-state index contributed by atoms with van der Waals surface area (Å²) >= 11 is 18.8. The van der Waals surface area contributed by atoms with Gasteiger partial charge in [-0.05, 0) is 54.4 Å². The second-order valence-electron chi connectivity index (χ2n) is 7.87. The molecule has 0 aromatic heterocycles. The van der Waals surface area contributed by atoms with Crippen molar-refractivity contribution in [3.05, 3.63) is 98.5 Å². The summed E-state index contributed by atoms with van der Waals surface area (Å²) in [5.41, 5.74) is 2.99. The zero-order chi connectivity index (χ0) is 22.9. The second-order valence-corrected chi connectivity index (χ2v) is 11.1. The number of halogens is 3. The van der Waals surface area contributed by atoms with Gasteiger partial charge in [0.05, 0.1) is 10.9 Å². The third-order valence-corrected chi connectivity index (χ3v) is 8.47. The lowest BCUT2D eigenvalue weighted by atomic mass is 9.96. The quantitative estimate of drug-likeness (QED) is 0.420. The van der Waals surface area contributed by atoms with Gasteiger partial charge in [-0.2, -0.15) is 4.31 Å². The fourth-order valence-electron chi connectivity index (χ4n) is 4.02. The Morgan fingerprint density at radius 1 is 0.781 bits per heavy atom. The molecule has 3 aromatic carbocycles. The SMILES string of the molecule is Cc1ccc(S(=O)(=O)N2CCN(C(c3ccc(Cl)cc3)c3ccc(Cl)cc3Cl)CC2)cc1. The lowest BCUT2D eigenvalue weighted by molar-refractivity contribution is 0.156. The van der Waals surface area contributed by atoms with Crippen LogP contribution in [0.1, 0.15) is 22.7 Å². The standard InChI is InChI=1S/C24H23Cl3N2O2S/c1-17-2-9-21(10-3-17)32(30,31)29-14-12-28(13-15-29)24(18-4-6-19(25)7-5-18)22-11-8-20(26)16-23(22)27/h2-11,16,24H,12-15H2,1H3. The maximum Gasteiger partial charge on any atom is 0.243 e. The Hall–Kier alpha value is -1.60. The van der Waals surface area contributed by atoms with E-state index in [0.717, 1.165) is 16.7 Å². The highest BCUT2D eigenvalue weighted by Gasteiger charge is 2.33. The molecule has 168 valence electrons. The summed E-state index contributed by atoms with van der Waals surface area (Å²) in [5.74, 6) is 0. The number of nitrogens with zero attached hydrogens (tertiary/aromatic N) is 2. The molecule has 1 fully saturated rings. The van der Waals surface area contributed by atoms with Gasteiger partial charge in [0.2, 0.25) is 10.0 Å². The van der Waals surface area contributed by atoms with Gasteiger partial charge in [-0.3, -0.25) is 4.90 Å². The molecular formula is C24H23Cl3N2O2S. The molecular weight excluding hydrogens is 487 g/mol. The van der Waals surface area contributed by atoms with Crippen LogP contribution in [-0.4, -0.2) is 43.8 Å². The van der Waals surface area contributed by atoms with E-state index in [2.05, 4.69) is 4.90 Å². The molecule has 4 rings (SSSR count). The predicted molar refractivity (Wildman–Crippen MR) is 131 cm³/mol. The molecule has 0 spiro atoms. The average Bonchev–Trinajstić information content (AvgIpc) is 2.77. The van der Waals surface area contributed by atoms with E-state index < -0.39 is 10.0 Å². The summed E-state index contributed by atoms with van der Waals surface area (Å²) in [6.07, 6.45) is 0. The molecule has 0 bridgehead atoms. The van der Waals surface area contributed by atoms with Crippen molar-refractivity contribution in [2.75, 3.05) is 26.2 Å². The molecule has 0 saturated carbocycles. The second kappa shape index (κ2) is 9.72. The summed E-state index contributed by atoms with van der Waals surface area (Å²) in [4.78, 5) is 2.58. The van der Waals surface area contributed by atoms with Crippen LogP contribution in [0, 0.1) is 6.92 Å². The van der Waals surface area contributed by atoms with E-state index in [1.165, 1.54) is 0 Å². The molecule has 1 unspecified atom stereocenters. The fraction of sp³-hybridized carbons (Fsp3) is 0.250. The topological polar surface area (TPSA) is 40.6 Å². The molecule has 0 N–H and O–H groups in total. The van der Waals surface area contributed by atoms with Crippen molar-refractivity contribution < 1.29 is 8.42 Å². The van der Waals surface area contributed by atoms with E-state index in [1.807, 2.05) is 55.5 Å². The van der Waals surface area contributed by atoms with Crippen LogP contribution in [0.2, 0.25) is 15.1 Å². The van der Waals surface area contributed by atoms with Crippen LogP contribution in [0.25, 0.3) is 0 Å². The number of benzene rings is 3. The van der Waals surface area contributed by atoms with E-state index in [0.29, 0.717) is 46.1 Å². The molecule has 1 atom stereocenters. The Balaban J connectivity index is 1.60. The van der Waals surface area contributed by atoms with E-state index in [4.69, 9.17) is 34.8 Å². The van der Waals surface area contributed by atoms with Crippen LogP contribution in [0.15, 0.2) is 71.6 Å². The van der Waals surface area contributed by atoms with Gasteiger partial charge in [-0.25, -0.2) is 8.42 Å². The Kier molecular flexibility index (Phi) is 7.15. The first-order valence-corrected chi connectivity index (χ1v) is 12.8. The summed E-state index contributed by atoms with van der Waals surface area (Å²) in [6.45, 7) is 3.86. The van der Waals surface area contributed by atoms with Crippen molar-refractivity contribution in [1.29, 1.82) is 0 Å². The number of sulfonamides is 1. The zero-order valence-corrected chi connectivity index (χ0v) is 20.6. The highest BCUT2D eigenvalue weighted by atomic mass is 35.5. The number of piperazine rings is 1. The predicted octanol–water partition coefficient (Wildman–Crippen LogP) is 6.05. The third kappa shape index (κ3) is 4.98. The first-order valence-electron chi connectivity index (χ1n) is 10.3. The Morgan fingerprint density at radius 2 is 1.38 bits per heavy atom. The smallest absolute Gasteiger partial charge is 0.243 e. The Morgan fingerprint density at radius 3 is 1.97 bits per heavy atom. The van der Waals surface area contributed by atoms with Gasteiger partial charge in [-0.15, -0.1) is 0 Å². The van der Waals surface area contributed by atoms with Gasteiger partial charge in [-0.1, -0.05) is 70.7 Å². The minimum Gasteiger partial charge on any atom is -0.290 e. The molecule has 1 aliphatic heterocycles. The molecule has 1 heterocycles. The van der Waals surface area contributed by atoms with Gasteiger partial charge in [0.1, 0.15) is 0 Å². The maximum atomic E-state index is 13.1. The Bertz CT molecular complexity index is 1190. The van der Waals surface area contributed by atoms with Gasteiger partial charge in [0.15, 0.2) is 0 Å². The molecule has 8 heteroatoms. The van der Waals surface area contributed by atoms with Crippen molar-refractivity contribution in [3.63, 3.8) is 0 Å². The summed E-state index contributed by atoms with van der Waals surface area (Å²) in [6, 6.07) is 20.0. The van der Waals surface area contributed by atoms with E-state index in [9.17, 15) is 8.42 Å². The maximum absolute atomic E-state index is 13.1. The van der Waals surface area contributed by atoms with Crippen molar-refractivity contribution in [1.82, 2.24) is 9.21 Å². The van der Waals surface area contributed by atoms with Gasteiger partial charge >= 0.3 is 0 Å². The van der Waals surface area contributed by atoms with E-state index >= 15 is 0 Å². The van der Waals surface area contributed by atoms with E-state index in [-0.39, 0.29) is 6.04 Å². The average molecular weight is 510 g/mol. The highest BCUT2D eigenvalue weighted by Crippen LogP contribution is 2.36. The molecule has 0 aliphatic carbocycles. The van der Waals surface area contributed by atoms with Gasteiger partial charge in [0, 0.05) is 41.2 Å². The Labute approximate surface area is 204 Å². The number of aryl methyl sites for hydroxylation is 1. The molecule has 4 nitrogen and oxygen atoms in total. The van der Waals surface area contributed by atoms with Crippen LogP contribution in [-0.2, 0) is 10.0 Å². The van der Waals surface area contributed by atoms with Crippen LogP contribution in [0.3, 0.4) is 0 Å². The summed E-state index contributed by atoms with van der Waals surface area (Å²) in [7, 11) is -3.53. The minimum atomic E-state index is -3.53. The number of hydrogen-bond acceptors (Lipinski definition) is 3. The fourth-order valence-corrected chi connectivity index (χ4v) is 6.08. The monoisotopic (exact) mass is 508 g/mol. The molecule has 3 aromatic rings. The minimum absolute atomic E-state index is 0.138. The van der Waals surface area contributed by atoms with Gasteiger partial charge < -0.3 is 0 Å². The van der Waals surface area contributed by atoms with Gasteiger partial charge in [0.25, 0.3) is 0 Å². The lowest BCUT2D eigenvalue weighted by Crippen LogP contribution is -2.49. The summed E-state index contributed by atoms with van der Waals surface area (Å²) in [5, 5.41) is 1.80. The van der Waals surface area contributed by atoms with Crippen LogP contribution in [0.4, 0.5) is 0 Å². The molecule has 1 saturated heterocycles. The van der Waals surface area contributed by atoms with E-state index in [1.54, 1.807) is 22.5 Å². The zero-order valence-electron chi connectivity index (χ0n) is 17.5. The molecule has 32 heavy (non-hydrogen) atoms. The summed E-state index contributed by atoms with van der Waals surface area (Å²) < 4.78 is 27.8.